The van der Waals surface area contributed by atoms with Crippen molar-refractivity contribution in [3.8, 4) is 5.75 Å². The van der Waals surface area contributed by atoms with Gasteiger partial charge >= 0.3 is 0 Å². The van der Waals surface area contributed by atoms with Crippen LogP contribution in [0.5, 0.6) is 5.75 Å². The van der Waals surface area contributed by atoms with Crippen LogP contribution in [0.2, 0.25) is 0 Å². The van der Waals surface area contributed by atoms with Crippen LogP contribution in [-0.4, -0.2) is 20.8 Å². The van der Waals surface area contributed by atoms with Gasteiger partial charge in [-0.2, -0.15) is 0 Å². The van der Waals surface area contributed by atoms with Gasteiger partial charge in [-0.3, -0.25) is 0 Å². The predicted molar refractivity (Wildman–Crippen MR) is 110 cm³/mol. The van der Waals surface area contributed by atoms with E-state index >= 15 is 0 Å². The van der Waals surface area contributed by atoms with Crippen molar-refractivity contribution < 1.29 is 9.47 Å². The van der Waals surface area contributed by atoms with Gasteiger partial charge in [0.15, 0.2) is 0 Å². The Morgan fingerprint density at radius 1 is 0.750 bits per heavy atom. The molecule has 0 amide bonds. The molecule has 0 aliphatic rings. The minimum Gasteiger partial charge on any atom is -0.496 e. The minimum atomic E-state index is 0.895. The van der Waals surface area contributed by atoms with Gasteiger partial charge in [0.25, 0.3) is 0 Å². The highest BCUT2D eigenvalue weighted by Gasteiger charge is 2.02. The number of rotatable bonds is 9. The zero-order valence-corrected chi connectivity index (χ0v) is 18.0. The smallest absolute Gasteiger partial charge is 0.122 e. The topological polar surface area (TPSA) is 18.5 Å². The first-order valence-electron chi connectivity index (χ1n) is 9.90. The molecule has 0 spiro atoms. The standard InChI is InChI=1S/C16H26O2.3C2H6/c1-14-10-11-16(18-3)15(13-14)9-7-5-4-6-8-12-17-2;3*1-2/h10-11,13H,4-9,12H2,1-3H3;3*1-2H3. The van der Waals surface area contributed by atoms with Crippen LogP contribution in [0.25, 0.3) is 0 Å². The summed E-state index contributed by atoms with van der Waals surface area (Å²) >= 11 is 0. The van der Waals surface area contributed by atoms with Gasteiger partial charge in [-0.1, -0.05) is 78.5 Å². The van der Waals surface area contributed by atoms with E-state index in [9.17, 15) is 0 Å². The number of unbranched alkanes of at least 4 members (excludes halogenated alkanes) is 4. The Bertz CT molecular complexity index is 335. The van der Waals surface area contributed by atoms with Gasteiger partial charge in [-0.25, -0.2) is 0 Å². The van der Waals surface area contributed by atoms with E-state index in [0.29, 0.717) is 0 Å². The van der Waals surface area contributed by atoms with Crippen molar-refractivity contribution in [1.82, 2.24) is 0 Å². The lowest BCUT2D eigenvalue weighted by Crippen LogP contribution is -1.94. The summed E-state index contributed by atoms with van der Waals surface area (Å²) in [7, 11) is 3.52. The Morgan fingerprint density at radius 2 is 1.29 bits per heavy atom. The molecular formula is C22H44O2. The van der Waals surface area contributed by atoms with Gasteiger partial charge in [0.1, 0.15) is 5.75 Å². The Labute approximate surface area is 153 Å². The fourth-order valence-corrected chi connectivity index (χ4v) is 2.19. The molecule has 0 fully saturated rings. The lowest BCUT2D eigenvalue weighted by molar-refractivity contribution is 0.192. The molecule has 1 aromatic rings. The summed E-state index contributed by atoms with van der Waals surface area (Å²) in [5.74, 6) is 1.03. The first kappa shape index (κ1) is 27.8. The first-order valence-corrected chi connectivity index (χ1v) is 9.90. The van der Waals surface area contributed by atoms with E-state index < -0.39 is 0 Å². The first-order chi connectivity index (χ1) is 11.8. The molecule has 0 saturated carbocycles. The van der Waals surface area contributed by atoms with E-state index in [4.69, 9.17) is 9.47 Å². The summed E-state index contributed by atoms with van der Waals surface area (Å²) in [6, 6.07) is 6.42. The van der Waals surface area contributed by atoms with Crippen LogP contribution >= 0.6 is 0 Å². The second-order valence-electron chi connectivity index (χ2n) is 4.83. The molecule has 2 heteroatoms. The average Bonchev–Trinajstić information content (AvgIpc) is 2.66. The third-order valence-corrected chi connectivity index (χ3v) is 3.23. The molecule has 0 heterocycles. The number of hydrogen-bond donors (Lipinski definition) is 0. The molecule has 0 atom stereocenters. The Kier molecular flexibility index (Phi) is 28.1. The maximum atomic E-state index is 5.39. The van der Waals surface area contributed by atoms with E-state index in [0.717, 1.165) is 18.8 Å². The average molecular weight is 341 g/mol. The fourth-order valence-electron chi connectivity index (χ4n) is 2.19. The van der Waals surface area contributed by atoms with Crippen molar-refractivity contribution in [2.24, 2.45) is 0 Å². The molecular weight excluding hydrogens is 296 g/mol. The second-order valence-corrected chi connectivity index (χ2v) is 4.83. The number of benzene rings is 1. The molecule has 1 rings (SSSR count). The maximum absolute atomic E-state index is 5.39. The quantitative estimate of drug-likeness (QED) is 0.442. The third-order valence-electron chi connectivity index (χ3n) is 3.23. The van der Waals surface area contributed by atoms with E-state index in [2.05, 4.69) is 25.1 Å². The van der Waals surface area contributed by atoms with Crippen molar-refractivity contribution >= 4 is 0 Å². The summed E-state index contributed by atoms with van der Waals surface area (Å²) in [6.45, 7) is 15.0. The maximum Gasteiger partial charge on any atom is 0.122 e. The Balaban J connectivity index is -0.000000659. The highest BCUT2D eigenvalue weighted by Crippen LogP contribution is 2.22. The van der Waals surface area contributed by atoms with Gasteiger partial charge in [0, 0.05) is 13.7 Å². The second kappa shape index (κ2) is 24.2. The van der Waals surface area contributed by atoms with E-state index in [1.807, 2.05) is 41.5 Å². The number of hydrogen-bond acceptors (Lipinski definition) is 2. The molecule has 144 valence electrons. The minimum absolute atomic E-state index is 0.895. The normalized spacial score (nSPS) is 8.71. The predicted octanol–water partition coefficient (Wildman–Crippen LogP) is 7.22. The third kappa shape index (κ3) is 15.9. The van der Waals surface area contributed by atoms with Crippen molar-refractivity contribution in [3.05, 3.63) is 29.3 Å². The van der Waals surface area contributed by atoms with Crippen LogP contribution in [0, 0.1) is 6.92 Å². The van der Waals surface area contributed by atoms with Gasteiger partial charge in [-0.15, -0.1) is 0 Å². The van der Waals surface area contributed by atoms with Crippen molar-refractivity contribution in [3.63, 3.8) is 0 Å². The largest absolute Gasteiger partial charge is 0.496 e. The molecule has 0 radical (unpaired) electrons. The van der Waals surface area contributed by atoms with Crippen LogP contribution in [-0.2, 0) is 11.2 Å². The summed E-state index contributed by atoms with van der Waals surface area (Å²) in [4.78, 5) is 0. The van der Waals surface area contributed by atoms with E-state index in [1.165, 1.54) is 43.2 Å². The molecule has 0 aromatic heterocycles. The highest BCUT2D eigenvalue weighted by atomic mass is 16.5. The molecule has 0 bridgehead atoms. The van der Waals surface area contributed by atoms with E-state index in [1.54, 1.807) is 14.2 Å². The molecule has 2 nitrogen and oxygen atoms in total. The zero-order chi connectivity index (χ0) is 19.2. The van der Waals surface area contributed by atoms with Crippen LogP contribution < -0.4 is 4.74 Å². The van der Waals surface area contributed by atoms with Gasteiger partial charge in [-0.05, 0) is 37.8 Å². The molecule has 1 aromatic carbocycles. The lowest BCUT2D eigenvalue weighted by atomic mass is 10.0. The van der Waals surface area contributed by atoms with Gasteiger partial charge in [0.2, 0.25) is 0 Å². The summed E-state index contributed by atoms with van der Waals surface area (Å²) in [6.07, 6.45) is 7.42. The SMILES string of the molecule is CC.CC.CC.COCCCCCCCc1cc(C)ccc1OC. The highest BCUT2D eigenvalue weighted by molar-refractivity contribution is 5.36. The number of methoxy groups -OCH3 is 2. The van der Waals surface area contributed by atoms with Gasteiger partial charge in [0.05, 0.1) is 7.11 Å². The van der Waals surface area contributed by atoms with Crippen molar-refractivity contribution in [2.75, 3.05) is 20.8 Å². The molecule has 24 heavy (non-hydrogen) atoms. The van der Waals surface area contributed by atoms with Crippen LogP contribution in [0.4, 0.5) is 0 Å². The monoisotopic (exact) mass is 340 g/mol. The number of ether oxygens (including phenoxy) is 2. The van der Waals surface area contributed by atoms with Crippen molar-refractivity contribution in [2.45, 2.75) is 87.0 Å². The van der Waals surface area contributed by atoms with Crippen LogP contribution in [0.15, 0.2) is 18.2 Å². The summed E-state index contributed by atoms with van der Waals surface area (Å²) in [5, 5.41) is 0. The molecule has 0 N–H and O–H groups in total. The Morgan fingerprint density at radius 3 is 1.83 bits per heavy atom. The van der Waals surface area contributed by atoms with Crippen molar-refractivity contribution in [1.29, 1.82) is 0 Å². The molecule has 0 aliphatic carbocycles. The Hall–Kier alpha value is -1.02. The van der Waals surface area contributed by atoms with Gasteiger partial charge < -0.3 is 9.47 Å². The zero-order valence-electron chi connectivity index (χ0n) is 18.0. The summed E-state index contributed by atoms with van der Waals surface area (Å²) < 4.78 is 10.4. The van der Waals surface area contributed by atoms with Crippen LogP contribution in [0.1, 0.15) is 84.8 Å². The summed E-state index contributed by atoms with van der Waals surface area (Å²) in [5.41, 5.74) is 2.65. The lowest BCUT2D eigenvalue weighted by Gasteiger charge is -2.09. The fraction of sp³-hybridized carbons (Fsp3) is 0.727. The number of aryl methyl sites for hydroxylation is 2. The van der Waals surface area contributed by atoms with Crippen LogP contribution in [0.3, 0.4) is 0 Å². The molecule has 0 aliphatic heterocycles. The van der Waals surface area contributed by atoms with E-state index in [-0.39, 0.29) is 0 Å². The molecule has 0 unspecified atom stereocenters. The molecule has 0 saturated heterocycles.